The van der Waals surface area contributed by atoms with Gasteiger partial charge in [0.2, 0.25) is 5.84 Å². The molecule has 194 valence electrons. The summed E-state index contributed by atoms with van der Waals surface area (Å²) in [5.74, 6) is -0.709. The molecule has 0 fully saturated rings. The number of aliphatic carboxylic acids is 2. The Hall–Kier alpha value is -1.51. The number of carbonyl (C=O) groups is 2. The Morgan fingerprint density at radius 2 is 1.42 bits per heavy atom. The number of aliphatic hydroxyl groups is 1. The number of hydrogen-bond acceptors (Lipinski definition) is 4. The highest BCUT2D eigenvalue weighted by Crippen LogP contribution is 2.25. The van der Waals surface area contributed by atoms with Crippen LogP contribution in [0, 0.1) is 0 Å². The third-order valence-corrected chi connectivity index (χ3v) is 6.02. The predicted molar refractivity (Wildman–Crippen MR) is 133 cm³/mol. The van der Waals surface area contributed by atoms with Gasteiger partial charge < -0.3 is 19.8 Å². The number of likely N-dealkylation sites (N-methyl/N-ethyl adjacent to an activating group) is 1. The first kappa shape index (κ1) is 31.5. The first-order chi connectivity index (χ1) is 15.5. The fraction of sp³-hybridized carbons (Fsp3) is 0.880. The lowest BCUT2D eigenvalue weighted by molar-refractivity contribution is -0.879. The number of carboxylic acid groups (broad SMARTS) is 2. The minimum absolute atomic E-state index is 0.0500. The lowest BCUT2D eigenvalue weighted by atomic mass is 10.1. The summed E-state index contributed by atoms with van der Waals surface area (Å²) in [6, 6.07) is 0. The molecule has 0 aliphatic carbocycles. The normalized spacial score (nSPS) is 18.9. The average Bonchev–Trinajstić information content (AvgIpc) is 3.10. The molecule has 0 aromatic carbocycles. The van der Waals surface area contributed by atoms with E-state index in [0.29, 0.717) is 24.0 Å². The van der Waals surface area contributed by atoms with Crippen molar-refractivity contribution >= 4 is 17.8 Å². The molecule has 0 bridgehead atoms. The number of quaternary nitrogens is 2. The summed E-state index contributed by atoms with van der Waals surface area (Å²) in [5.41, 5.74) is 0. The predicted octanol–water partition coefficient (Wildman–Crippen LogP) is 4.12. The molecule has 3 N–H and O–H groups in total. The van der Waals surface area contributed by atoms with Crippen molar-refractivity contribution in [2.75, 3.05) is 47.3 Å². The number of aliphatic imine (C=N–C) groups is 1. The maximum atomic E-state index is 11.3. The van der Waals surface area contributed by atoms with Crippen molar-refractivity contribution in [3.63, 3.8) is 0 Å². The van der Waals surface area contributed by atoms with Crippen LogP contribution in [0.5, 0.6) is 0 Å². The van der Waals surface area contributed by atoms with E-state index in [1.807, 2.05) is 28.1 Å². The molecule has 2 atom stereocenters. The first-order valence-corrected chi connectivity index (χ1v) is 12.8. The molecule has 0 saturated heterocycles. The van der Waals surface area contributed by atoms with Crippen molar-refractivity contribution in [3.8, 4) is 0 Å². The molecule has 0 aromatic rings. The molecule has 0 saturated carbocycles. The van der Waals surface area contributed by atoms with Gasteiger partial charge in [0.15, 0.2) is 19.3 Å². The van der Waals surface area contributed by atoms with Gasteiger partial charge in [-0.25, -0.2) is 19.1 Å². The Morgan fingerprint density at radius 1 is 0.909 bits per heavy atom. The average molecular weight is 474 g/mol. The van der Waals surface area contributed by atoms with E-state index >= 15 is 0 Å². The van der Waals surface area contributed by atoms with Crippen molar-refractivity contribution in [1.82, 2.24) is 0 Å². The molecule has 8 nitrogen and oxygen atoms in total. The van der Waals surface area contributed by atoms with Crippen LogP contribution in [0.3, 0.4) is 0 Å². The van der Waals surface area contributed by atoms with Crippen molar-refractivity contribution in [1.29, 1.82) is 0 Å². The standard InChI is InChI=1S/C20H38N2O3.C5H11NO2/c1-3-5-6-7-8-9-10-11-12-13-14-18-21-15-16-22(18,17-20(24)25)19(23)4-2;1-6(2,3)4-5(7)8/h19,23H,3-17H2,1-2H3;4H2,1-3H3/p+2. The maximum Gasteiger partial charge on any atom is 0.359 e. The molecule has 0 amide bonds. The number of aliphatic hydroxyl groups excluding tert-OH is 1. The Morgan fingerprint density at radius 3 is 1.82 bits per heavy atom. The van der Waals surface area contributed by atoms with Crippen LogP contribution in [0.1, 0.15) is 90.9 Å². The number of carboxylic acids is 2. The zero-order valence-corrected chi connectivity index (χ0v) is 21.9. The van der Waals surface area contributed by atoms with Gasteiger partial charge in [0.05, 0.1) is 27.7 Å². The van der Waals surface area contributed by atoms with Crippen LogP contribution in [0.2, 0.25) is 0 Å². The number of unbranched alkanes of at least 4 members (excludes halogenated alkanes) is 9. The molecule has 0 aromatic heterocycles. The largest absolute Gasteiger partial charge is 0.477 e. The molecular formula is C25H51N3O5+2. The van der Waals surface area contributed by atoms with Crippen LogP contribution < -0.4 is 0 Å². The fourth-order valence-electron chi connectivity index (χ4n) is 4.29. The van der Waals surface area contributed by atoms with Crippen molar-refractivity contribution < 1.29 is 33.9 Å². The number of nitrogens with zero attached hydrogens (tertiary/aromatic N) is 3. The van der Waals surface area contributed by atoms with E-state index in [9.17, 15) is 19.8 Å². The van der Waals surface area contributed by atoms with Crippen molar-refractivity contribution in [2.24, 2.45) is 4.99 Å². The van der Waals surface area contributed by atoms with E-state index in [2.05, 4.69) is 11.9 Å². The zero-order valence-electron chi connectivity index (χ0n) is 21.9. The summed E-state index contributed by atoms with van der Waals surface area (Å²) >= 11 is 0. The molecule has 0 spiro atoms. The summed E-state index contributed by atoms with van der Waals surface area (Å²) in [4.78, 5) is 25.8. The van der Waals surface area contributed by atoms with Gasteiger partial charge in [0, 0.05) is 12.8 Å². The van der Waals surface area contributed by atoms with E-state index in [0.717, 1.165) is 18.7 Å². The Kier molecular flexibility index (Phi) is 16.2. The summed E-state index contributed by atoms with van der Waals surface area (Å²) < 4.78 is 0.637. The molecule has 0 radical (unpaired) electrons. The van der Waals surface area contributed by atoms with E-state index in [1.165, 1.54) is 57.8 Å². The zero-order chi connectivity index (χ0) is 25.3. The number of hydrogen-bond donors (Lipinski definition) is 3. The van der Waals surface area contributed by atoms with Crippen molar-refractivity contribution in [3.05, 3.63) is 0 Å². The topological polar surface area (TPSA) is 107 Å². The minimum Gasteiger partial charge on any atom is -0.477 e. The van der Waals surface area contributed by atoms with Gasteiger partial charge >= 0.3 is 11.9 Å². The Bertz CT molecular complexity index is 589. The van der Waals surface area contributed by atoms with Gasteiger partial charge in [-0.1, -0.05) is 71.6 Å². The van der Waals surface area contributed by atoms with Gasteiger partial charge in [-0.15, -0.1) is 0 Å². The maximum absolute atomic E-state index is 11.3. The third-order valence-electron chi connectivity index (χ3n) is 6.02. The molecule has 33 heavy (non-hydrogen) atoms. The van der Waals surface area contributed by atoms with E-state index in [-0.39, 0.29) is 17.6 Å². The van der Waals surface area contributed by atoms with Crippen LogP contribution >= 0.6 is 0 Å². The van der Waals surface area contributed by atoms with Gasteiger partial charge in [-0.2, -0.15) is 0 Å². The minimum atomic E-state index is -0.856. The second-order valence-electron chi connectivity index (χ2n) is 10.3. The molecule has 1 heterocycles. The lowest BCUT2D eigenvalue weighted by Gasteiger charge is -2.37. The second-order valence-corrected chi connectivity index (χ2v) is 10.3. The summed E-state index contributed by atoms with van der Waals surface area (Å²) in [6.45, 7) is 5.54. The lowest BCUT2D eigenvalue weighted by Crippen LogP contribution is -2.60. The molecule has 1 aliphatic rings. The molecular weight excluding hydrogens is 422 g/mol. The molecule has 8 heteroatoms. The van der Waals surface area contributed by atoms with Crippen LogP contribution in [-0.2, 0) is 9.59 Å². The summed E-state index contributed by atoms with van der Waals surface area (Å²) in [5, 5.41) is 27.9. The quantitative estimate of drug-likeness (QED) is 0.218. The third kappa shape index (κ3) is 14.4. The van der Waals surface area contributed by atoms with Gasteiger partial charge in [0.1, 0.15) is 6.54 Å². The Labute approximate surface area is 201 Å². The smallest absolute Gasteiger partial charge is 0.359 e. The van der Waals surface area contributed by atoms with Gasteiger partial charge in [-0.05, 0) is 6.42 Å². The fourth-order valence-corrected chi connectivity index (χ4v) is 4.29. The van der Waals surface area contributed by atoms with Crippen molar-refractivity contribution in [2.45, 2.75) is 97.1 Å². The number of amidine groups is 1. The highest BCUT2D eigenvalue weighted by Gasteiger charge is 2.44. The van der Waals surface area contributed by atoms with Crippen LogP contribution in [0.4, 0.5) is 0 Å². The highest BCUT2D eigenvalue weighted by atomic mass is 16.4. The van der Waals surface area contributed by atoms with Gasteiger partial charge in [-0.3, -0.25) is 0 Å². The molecule has 1 rings (SSSR count). The number of rotatable bonds is 17. The van der Waals surface area contributed by atoms with E-state index in [1.54, 1.807) is 0 Å². The Balaban J connectivity index is 0.00000109. The summed E-state index contributed by atoms with van der Waals surface area (Å²) in [7, 11) is 5.52. The monoisotopic (exact) mass is 473 g/mol. The van der Waals surface area contributed by atoms with Crippen LogP contribution in [-0.4, -0.2) is 95.6 Å². The van der Waals surface area contributed by atoms with E-state index < -0.39 is 18.2 Å². The summed E-state index contributed by atoms with van der Waals surface area (Å²) in [6.07, 6.45) is 13.6. The van der Waals surface area contributed by atoms with E-state index in [4.69, 9.17) is 5.11 Å². The SMILES string of the molecule is CCCCCCCCCCCCC1=NCC[N+]1(CC(=O)O)C(O)CC.C[N+](C)(C)CC(=O)O. The van der Waals surface area contributed by atoms with Gasteiger partial charge in [0.25, 0.3) is 0 Å². The second kappa shape index (κ2) is 17.0. The van der Waals surface area contributed by atoms with Crippen LogP contribution in [0.25, 0.3) is 0 Å². The molecule has 1 aliphatic heterocycles. The highest BCUT2D eigenvalue weighted by molar-refractivity contribution is 5.80. The van der Waals surface area contributed by atoms with Crippen LogP contribution in [0.15, 0.2) is 4.99 Å². The molecule has 2 unspecified atom stereocenters. The first-order valence-electron chi connectivity index (χ1n) is 12.8.